The van der Waals surface area contributed by atoms with Crippen molar-refractivity contribution in [2.24, 2.45) is 16.7 Å². The summed E-state index contributed by atoms with van der Waals surface area (Å²) in [6.07, 6.45) is 20.6. The van der Waals surface area contributed by atoms with Crippen LogP contribution in [0.25, 0.3) is 0 Å². The van der Waals surface area contributed by atoms with Crippen molar-refractivity contribution in [3.8, 4) is 0 Å². The molecule has 2 N–H and O–H groups in total. The number of fused-ring (bicyclic) bond motifs is 5. The van der Waals surface area contributed by atoms with Crippen LogP contribution in [0.5, 0.6) is 0 Å². The summed E-state index contributed by atoms with van der Waals surface area (Å²) in [5, 5.41) is 17.6. The lowest BCUT2D eigenvalue weighted by Crippen LogP contribution is -2.82. The van der Waals surface area contributed by atoms with Gasteiger partial charge in [0.25, 0.3) is 5.91 Å². The largest absolute Gasteiger partial charge is 0.461 e. The highest BCUT2D eigenvalue weighted by molar-refractivity contribution is 6.73. The minimum atomic E-state index is -2.80. The van der Waals surface area contributed by atoms with Gasteiger partial charge in [-0.05, 0) is 118 Å². The fourth-order valence-corrected chi connectivity index (χ4v) is 16.5. The standard InChI is InChI=1S/C75H95NO15Si/c1-11-15-16-17-18-19-20-21-22-23-24-25-26-27-28-29-30-31-41-48-61(79)88-59-49-60-74(51-85-60,90-54(7)78)66-68(89-70(82)57-46-39-34-40-47-57)75(84)50-58(52(5)62(72(75,8)9)64(86-53(6)77)67(80)73(59,66)10)87-71(83)65(91-92(12-2,13-3)14-4)63(55-42-35-32-36-43-55)76-69(81)56-44-37-33-38-45-56/h15-16,18-19,21-22,24-25,27-28,30-40,42-47,58-60,63-66,68,84H,11-14,17,20,23,26,29,41,48-51H2,1-10H3,(H,76,81)/b16-15-,19-18-,22-21-,25-24-,28-27-,31-30-/t58?,59-,60+,63-,64+,65+,66-,68-,73+,74-,75+/m0/s1. The summed E-state index contributed by atoms with van der Waals surface area (Å²) in [6.45, 7) is 16.5. The molecule has 3 fully saturated rings. The molecule has 92 heavy (non-hydrogen) atoms. The maximum absolute atomic E-state index is 16.6. The average molecular weight is 1280 g/mol. The quantitative estimate of drug-likeness (QED) is 0.0275. The van der Waals surface area contributed by atoms with E-state index >= 15 is 9.59 Å². The first-order valence-electron chi connectivity index (χ1n) is 32.7. The molecule has 1 aliphatic heterocycles. The van der Waals surface area contributed by atoms with Gasteiger partial charge in [-0.15, -0.1) is 0 Å². The third kappa shape index (κ3) is 16.4. The first-order chi connectivity index (χ1) is 44.1. The van der Waals surface area contributed by atoms with Gasteiger partial charge in [-0.2, -0.15) is 0 Å². The summed E-state index contributed by atoms with van der Waals surface area (Å²) in [6, 6.07) is 26.2. The van der Waals surface area contributed by atoms with Gasteiger partial charge in [0.2, 0.25) is 0 Å². The van der Waals surface area contributed by atoms with E-state index in [0.29, 0.717) is 35.7 Å². The molecule has 1 heterocycles. The van der Waals surface area contributed by atoms with E-state index in [-0.39, 0.29) is 42.6 Å². The number of carbonyl (C=O) groups excluding carboxylic acids is 7. The normalized spacial score (nSPS) is 26.0. The van der Waals surface area contributed by atoms with Crippen LogP contribution < -0.4 is 5.32 Å². The van der Waals surface area contributed by atoms with E-state index in [1.54, 1.807) is 93.6 Å². The van der Waals surface area contributed by atoms with Crippen molar-refractivity contribution in [1.82, 2.24) is 5.32 Å². The van der Waals surface area contributed by atoms with E-state index in [0.717, 1.165) is 39.0 Å². The molecule has 3 aliphatic carbocycles. The number of hydrogen-bond acceptors (Lipinski definition) is 15. The Morgan fingerprint density at radius 3 is 1.70 bits per heavy atom. The Hall–Kier alpha value is -7.57. The number of benzene rings is 3. The Balaban J connectivity index is 1.27. The number of esters is 5. The molecule has 11 atom stereocenters. The van der Waals surface area contributed by atoms with Gasteiger partial charge in [-0.25, -0.2) is 9.59 Å². The number of allylic oxidation sites excluding steroid dienone is 12. The molecule has 494 valence electrons. The van der Waals surface area contributed by atoms with Gasteiger partial charge in [-0.1, -0.05) is 181 Å². The van der Waals surface area contributed by atoms with Gasteiger partial charge in [0.05, 0.1) is 29.5 Å². The predicted molar refractivity (Wildman–Crippen MR) is 355 cm³/mol. The van der Waals surface area contributed by atoms with Crippen molar-refractivity contribution in [3.63, 3.8) is 0 Å². The van der Waals surface area contributed by atoms with Crippen LogP contribution in [0.15, 0.2) is 175 Å². The minimum absolute atomic E-state index is 0.0368. The SMILES string of the molecule is CC/C=C\C/C=C\C/C=C\C/C=C\C/C=C\C/C=C\CCC(=O)O[C@H]1C[C@H]2OC[C@@]2(OC(C)=O)[C@H]2[C@H](OC(=O)c3ccccc3)[C@]3(O)CC(OC(=O)[C@H](O[Si](CC)(CC)CC)[C@@H](NC(=O)c4ccccc4)c4ccccc4)C(C)=C([C@@H](OC(C)=O)C(=O)[C@]12C)C3(C)C. The van der Waals surface area contributed by atoms with Gasteiger partial charge in [-0.3, -0.25) is 24.0 Å². The fraction of sp³-hybridized carbons (Fsp3) is 0.480. The molecule has 0 spiro atoms. The van der Waals surface area contributed by atoms with Crippen LogP contribution in [0.2, 0.25) is 18.1 Å². The highest BCUT2D eigenvalue weighted by Gasteiger charge is 2.79. The van der Waals surface area contributed by atoms with E-state index in [4.69, 9.17) is 32.8 Å². The lowest BCUT2D eigenvalue weighted by Gasteiger charge is -2.67. The van der Waals surface area contributed by atoms with Gasteiger partial charge in [0.1, 0.15) is 30.0 Å². The zero-order chi connectivity index (χ0) is 66.7. The molecule has 0 aromatic heterocycles. The topological polar surface area (TPSA) is 216 Å². The first kappa shape index (κ1) is 71.9. The molecule has 1 saturated heterocycles. The number of amides is 1. The highest BCUT2D eigenvalue weighted by atomic mass is 28.4. The Kier molecular flexibility index (Phi) is 25.6. The van der Waals surface area contributed by atoms with Crippen LogP contribution in [-0.4, -0.2) is 109 Å². The van der Waals surface area contributed by atoms with Crippen molar-refractivity contribution in [2.45, 2.75) is 205 Å². The molecule has 3 aromatic rings. The number of nitrogens with one attached hydrogen (secondary N) is 1. The fourth-order valence-electron chi connectivity index (χ4n) is 13.8. The number of ether oxygens (including phenoxy) is 6. The summed E-state index contributed by atoms with van der Waals surface area (Å²) in [5.41, 5.74) is -6.90. The Morgan fingerprint density at radius 2 is 1.20 bits per heavy atom. The lowest BCUT2D eigenvalue weighted by molar-refractivity contribution is -0.346. The molecule has 2 saturated carbocycles. The first-order valence-corrected chi connectivity index (χ1v) is 35.2. The zero-order valence-electron chi connectivity index (χ0n) is 55.3. The van der Waals surface area contributed by atoms with Gasteiger partial charge < -0.3 is 43.3 Å². The molecule has 7 rings (SSSR count). The van der Waals surface area contributed by atoms with E-state index in [1.165, 1.54) is 26.0 Å². The smallest absolute Gasteiger partial charge is 0.338 e. The molecule has 1 amide bonds. The van der Waals surface area contributed by atoms with Crippen LogP contribution in [0.1, 0.15) is 166 Å². The van der Waals surface area contributed by atoms with E-state index in [2.05, 4.69) is 66.9 Å². The van der Waals surface area contributed by atoms with Gasteiger partial charge in [0, 0.05) is 44.1 Å². The molecular weight excluding hydrogens is 1180 g/mol. The van der Waals surface area contributed by atoms with E-state index in [9.17, 15) is 29.1 Å². The molecule has 0 radical (unpaired) electrons. The van der Waals surface area contributed by atoms with Gasteiger partial charge >= 0.3 is 29.8 Å². The van der Waals surface area contributed by atoms with Crippen molar-refractivity contribution < 1.29 is 71.5 Å². The Bertz CT molecular complexity index is 3250. The molecule has 1 unspecified atom stereocenters. The number of Topliss-reactive ketones (excluding diaryl/α,β-unsaturated/α-hetero) is 1. The molecule has 16 nitrogen and oxygen atoms in total. The van der Waals surface area contributed by atoms with Crippen molar-refractivity contribution >= 4 is 49.9 Å². The molecule has 3 aromatic carbocycles. The summed E-state index contributed by atoms with van der Waals surface area (Å²) in [7, 11) is -2.80. The maximum atomic E-state index is 16.6. The van der Waals surface area contributed by atoms with E-state index in [1.807, 2.05) is 45.1 Å². The third-order valence-electron chi connectivity index (χ3n) is 19.1. The Morgan fingerprint density at radius 1 is 0.674 bits per heavy atom. The number of carbonyl (C=O) groups is 7. The van der Waals surface area contributed by atoms with Crippen LogP contribution >= 0.6 is 0 Å². The van der Waals surface area contributed by atoms with Crippen LogP contribution in [0.4, 0.5) is 0 Å². The molecule has 17 heteroatoms. The lowest BCUT2D eigenvalue weighted by atomic mass is 9.44. The van der Waals surface area contributed by atoms with Crippen LogP contribution in [0, 0.1) is 16.7 Å². The summed E-state index contributed by atoms with van der Waals surface area (Å²) in [4.78, 5) is 103. The second-order valence-corrected chi connectivity index (χ2v) is 29.8. The summed E-state index contributed by atoms with van der Waals surface area (Å²) in [5.74, 6) is -7.11. The second kappa shape index (κ2) is 32.8. The summed E-state index contributed by atoms with van der Waals surface area (Å²) < 4.78 is 45.9. The maximum Gasteiger partial charge on any atom is 0.338 e. The number of hydrogen-bond donors (Lipinski definition) is 2. The zero-order valence-corrected chi connectivity index (χ0v) is 56.3. The molecular formula is C75H95NO15Si. The predicted octanol–water partition coefficient (Wildman–Crippen LogP) is 13.8. The van der Waals surface area contributed by atoms with Gasteiger partial charge in [0.15, 0.2) is 31.9 Å². The monoisotopic (exact) mass is 1280 g/mol. The number of aliphatic hydroxyl groups is 1. The van der Waals surface area contributed by atoms with Crippen molar-refractivity contribution in [1.29, 1.82) is 0 Å². The molecule has 4 aliphatic rings. The molecule has 2 bridgehead atoms. The van der Waals surface area contributed by atoms with Crippen molar-refractivity contribution in [2.75, 3.05) is 6.61 Å². The number of rotatable bonds is 30. The van der Waals surface area contributed by atoms with E-state index < -0.39 is 127 Å². The number of ketones is 1. The van der Waals surface area contributed by atoms with Crippen LogP contribution in [-0.2, 0) is 56.8 Å². The van der Waals surface area contributed by atoms with Crippen molar-refractivity contribution in [3.05, 3.63) is 192 Å². The minimum Gasteiger partial charge on any atom is -0.461 e. The average Bonchev–Trinajstić information content (AvgIpc) is 0.669. The Labute approximate surface area is 544 Å². The van der Waals surface area contributed by atoms with Crippen LogP contribution in [0.3, 0.4) is 0 Å². The second-order valence-electron chi connectivity index (χ2n) is 25.1. The third-order valence-corrected chi connectivity index (χ3v) is 23.7. The summed E-state index contributed by atoms with van der Waals surface area (Å²) >= 11 is 0. The highest BCUT2D eigenvalue weighted by Crippen LogP contribution is 2.65.